The van der Waals surface area contributed by atoms with Crippen molar-refractivity contribution in [2.24, 2.45) is 0 Å². The van der Waals surface area contributed by atoms with Crippen molar-refractivity contribution < 1.29 is 13.7 Å². The molecule has 0 aliphatic carbocycles. The molecule has 1 N–H and O–H groups in total. The normalized spacial score (nSPS) is 10.9. The van der Waals surface area contributed by atoms with Gasteiger partial charge in [-0.05, 0) is 43.7 Å². The van der Waals surface area contributed by atoms with Crippen LogP contribution in [0.3, 0.4) is 0 Å². The largest absolute Gasteiger partial charge is 0.356 e. The second-order valence-electron chi connectivity index (χ2n) is 7.05. The summed E-state index contributed by atoms with van der Waals surface area (Å²) in [4.78, 5) is 27.0. The van der Waals surface area contributed by atoms with Crippen molar-refractivity contribution in [2.45, 2.75) is 26.9 Å². The lowest BCUT2D eigenvalue weighted by atomic mass is 10.1. The van der Waals surface area contributed by atoms with Crippen LogP contribution in [-0.4, -0.2) is 20.8 Å². The fraction of sp³-hybridized carbons (Fsp3) is 0.182. The summed E-state index contributed by atoms with van der Waals surface area (Å²) in [5.74, 6) is -0.347. The van der Waals surface area contributed by atoms with Crippen molar-refractivity contribution in [1.29, 1.82) is 0 Å². The SMILES string of the molecule is Cc1cc(-c2cc(=O)n(CC(=O)NCc3cccc(F)c3)nc2-c2ccc(C)s2)on1. The first-order chi connectivity index (χ1) is 14.9. The molecule has 0 radical (unpaired) electrons. The quantitative estimate of drug-likeness (QED) is 0.496. The van der Waals surface area contributed by atoms with Crippen molar-refractivity contribution in [3.05, 3.63) is 80.8 Å². The van der Waals surface area contributed by atoms with Crippen LogP contribution in [0.2, 0.25) is 0 Å². The number of aromatic nitrogens is 3. The summed E-state index contributed by atoms with van der Waals surface area (Å²) in [6.45, 7) is 3.65. The molecule has 0 aliphatic heterocycles. The number of carbonyl (C=O) groups is 1. The Kier molecular flexibility index (Phi) is 5.77. The second-order valence-corrected chi connectivity index (χ2v) is 8.34. The van der Waals surface area contributed by atoms with E-state index in [-0.39, 0.29) is 18.9 Å². The van der Waals surface area contributed by atoms with Gasteiger partial charge in [0.2, 0.25) is 5.91 Å². The first-order valence-electron chi connectivity index (χ1n) is 9.53. The van der Waals surface area contributed by atoms with E-state index in [2.05, 4.69) is 15.6 Å². The Labute approximate surface area is 181 Å². The minimum Gasteiger partial charge on any atom is -0.356 e. The number of aryl methyl sites for hydroxylation is 2. The average Bonchev–Trinajstić information content (AvgIpc) is 3.36. The molecule has 4 aromatic rings. The van der Waals surface area contributed by atoms with Gasteiger partial charge in [-0.15, -0.1) is 11.3 Å². The number of amides is 1. The van der Waals surface area contributed by atoms with Gasteiger partial charge in [0.05, 0.1) is 16.1 Å². The molecule has 0 unspecified atom stereocenters. The fourth-order valence-electron chi connectivity index (χ4n) is 3.07. The molecule has 3 aromatic heterocycles. The number of carbonyl (C=O) groups excluding carboxylic acids is 1. The highest BCUT2D eigenvalue weighted by molar-refractivity contribution is 7.15. The van der Waals surface area contributed by atoms with E-state index in [0.717, 1.165) is 14.4 Å². The van der Waals surface area contributed by atoms with E-state index in [1.165, 1.54) is 29.5 Å². The topological polar surface area (TPSA) is 90.0 Å². The Balaban J connectivity index is 1.62. The number of hydrogen-bond donors (Lipinski definition) is 1. The molecule has 158 valence electrons. The first-order valence-corrected chi connectivity index (χ1v) is 10.3. The van der Waals surface area contributed by atoms with Gasteiger partial charge in [-0.1, -0.05) is 17.3 Å². The number of rotatable bonds is 6. The zero-order valence-electron chi connectivity index (χ0n) is 16.9. The van der Waals surface area contributed by atoms with Crippen LogP contribution in [0.15, 0.2) is 57.8 Å². The molecule has 1 amide bonds. The first kappa shape index (κ1) is 20.7. The highest BCUT2D eigenvalue weighted by atomic mass is 32.1. The average molecular weight is 438 g/mol. The monoisotopic (exact) mass is 438 g/mol. The number of thiophene rings is 1. The molecule has 1 aromatic carbocycles. The van der Waals surface area contributed by atoms with E-state index < -0.39 is 11.5 Å². The predicted molar refractivity (Wildman–Crippen MR) is 115 cm³/mol. The van der Waals surface area contributed by atoms with Crippen LogP contribution in [0.25, 0.3) is 21.9 Å². The second kappa shape index (κ2) is 8.65. The Hall–Kier alpha value is -3.59. The van der Waals surface area contributed by atoms with Crippen LogP contribution < -0.4 is 10.9 Å². The Morgan fingerprint density at radius 2 is 2.03 bits per heavy atom. The third-order valence-corrected chi connectivity index (χ3v) is 5.54. The van der Waals surface area contributed by atoms with Gasteiger partial charge in [-0.3, -0.25) is 9.59 Å². The molecule has 0 saturated carbocycles. The van der Waals surface area contributed by atoms with Gasteiger partial charge in [0.15, 0.2) is 5.76 Å². The standard InChI is InChI=1S/C22H19FN4O3S/c1-13-8-18(30-26-13)17-10-21(29)27(25-22(17)19-7-6-14(2)31-19)12-20(28)24-11-15-4-3-5-16(23)9-15/h3-10H,11-12H2,1-2H3,(H,24,28). The van der Waals surface area contributed by atoms with Gasteiger partial charge in [0.25, 0.3) is 5.56 Å². The summed E-state index contributed by atoms with van der Waals surface area (Å²) in [5, 5.41) is 11.0. The number of benzene rings is 1. The molecular formula is C22H19FN4O3S. The number of nitrogens with one attached hydrogen (secondary N) is 1. The molecule has 4 rings (SSSR count). The lowest BCUT2D eigenvalue weighted by Crippen LogP contribution is -2.33. The zero-order chi connectivity index (χ0) is 22.0. The highest BCUT2D eigenvalue weighted by Gasteiger charge is 2.18. The third-order valence-electron chi connectivity index (χ3n) is 4.54. The van der Waals surface area contributed by atoms with E-state index in [1.54, 1.807) is 25.1 Å². The van der Waals surface area contributed by atoms with Crippen molar-refractivity contribution in [3.8, 4) is 21.9 Å². The van der Waals surface area contributed by atoms with Crippen LogP contribution >= 0.6 is 11.3 Å². The van der Waals surface area contributed by atoms with E-state index in [4.69, 9.17) is 4.52 Å². The maximum absolute atomic E-state index is 13.3. The molecule has 31 heavy (non-hydrogen) atoms. The third kappa shape index (κ3) is 4.77. The molecule has 9 heteroatoms. The summed E-state index contributed by atoms with van der Waals surface area (Å²) in [7, 11) is 0. The Morgan fingerprint density at radius 1 is 1.19 bits per heavy atom. The van der Waals surface area contributed by atoms with Crippen LogP contribution in [0.5, 0.6) is 0 Å². The van der Waals surface area contributed by atoms with E-state index in [0.29, 0.717) is 28.3 Å². The summed E-state index contributed by atoms with van der Waals surface area (Å²) >= 11 is 1.52. The predicted octanol–water partition coefficient (Wildman–Crippen LogP) is 3.70. The Morgan fingerprint density at radius 3 is 2.71 bits per heavy atom. The van der Waals surface area contributed by atoms with E-state index in [1.807, 2.05) is 19.1 Å². The smallest absolute Gasteiger partial charge is 0.268 e. The summed E-state index contributed by atoms with van der Waals surface area (Å²) in [6, 6.07) is 13.0. The van der Waals surface area contributed by atoms with Crippen LogP contribution in [0, 0.1) is 19.7 Å². The molecule has 0 bridgehead atoms. The lowest BCUT2D eigenvalue weighted by molar-refractivity contribution is -0.122. The van der Waals surface area contributed by atoms with E-state index >= 15 is 0 Å². The van der Waals surface area contributed by atoms with Crippen LogP contribution in [0.4, 0.5) is 4.39 Å². The zero-order valence-corrected chi connectivity index (χ0v) is 17.7. The maximum Gasteiger partial charge on any atom is 0.268 e. The van der Waals surface area contributed by atoms with Crippen LogP contribution in [0.1, 0.15) is 16.1 Å². The summed E-state index contributed by atoms with van der Waals surface area (Å²) in [5.41, 5.74) is 1.92. The Bertz CT molecular complexity index is 1310. The minimum atomic E-state index is -0.443. The highest BCUT2D eigenvalue weighted by Crippen LogP contribution is 2.33. The number of halogens is 1. The van der Waals surface area contributed by atoms with Crippen LogP contribution in [-0.2, 0) is 17.9 Å². The van der Waals surface area contributed by atoms with Crippen molar-refractivity contribution in [2.75, 3.05) is 0 Å². The van der Waals surface area contributed by atoms with E-state index in [9.17, 15) is 14.0 Å². The summed E-state index contributed by atoms with van der Waals surface area (Å²) < 4.78 is 19.8. The summed E-state index contributed by atoms with van der Waals surface area (Å²) in [6.07, 6.45) is 0. The number of nitrogens with zero attached hydrogens (tertiary/aromatic N) is 3. The molecule has 0 aliphatic rings. The van der Waals surface area contributed by atoms with Gasteiger partial charge < -0.3 is 9.84 Å². The van der Waals surface area contributed by atoms with Crippen molar-refractivity contribution >= 4 is 17.2 Å². The molecule has 0 atom stereocenters. The molecular weight excluding hydrogens is 419 g/mol. The van der Waals surface area contributed by atoms with Gasteiger partial charge in [0, 0.05) is 23.6 Å². The van der Waals surface area contributed by atoms with Gasteiger partial charge in [-0.25, -0.2) is 9.07 Å². The molecule has 3 heterocycles. The van der Waals surface area contributed by atoms with Gasteiger partial charge in [-0.2, -0.15) is 5.10 Å². The molecule has 0 fully saturated rings. The maximum atomic E-state index is 13.3. The number of hydrogen-bond acceptors (Lipinski definition) is 6. The van der Waals surface area contributed by atoms with Crippen molar-refractivity contribution in [3.63, 3.8) is 0 Å². The minimum absolute atomic E-state index is 0.151. The van der Waals surface area contributed by atoms with Gasteiger partial charge in [0.1, 0.15) is 18.1 Å². The molecule has 0 saturated heterocycles. The van der Waals surface area contributed by atoms with Gasteiger partial charge >= 0.3 is 0 Å². The molecule has 7 nitrogen and oxygen atoms in total. The molecule has 0 spiro atoms. The fourth-order valence-corrected chi connectivity index (χ4v) is 3.93. The van der Waals surface area contributed by atoms with Crippen molar-refractivity contribution in [1.82, 2.24) is 20.3 Å². The lowest BCUT2D eigenvalue weighted by Gasteiger charge is -2.10.